The number of likely N-dealkylation sites (tertiary alicyclic amines) is 1. The summed E-state index contributed by atoms with van der Waals surface area (Å²) < 4.78 is 0. The smallest absolute Gasteiger partial charge is 0.0111 e. The van der Waals surface area contributed by atoms with Gasteiger partial charge in [-0.25, -0.2) is 0 Å². The highest BCUT2D eigenvalue weighted by molar-refractivity contribution is 5.00. The third kappa shape index (κ3) is 1.40. The van der Waals surface area contributed by atoms with Gasteiger partial charge in [0.2, 0.25) is 0 Å². The van der Waals surface area contributed by atoms with Crippen LogP contribution in [0.4, 0.5) is 0 Å². The lowest BCUT2D eigenvalue weighted by Crippen LogP contribution is -2.42. The van der Waals surface area contributed by atoms with Gasteiger partial charge in [-0.05, 0) is 62.9 Å². The highest BCUT2D eigenvalue weighted by atomic mass is 15.1. The molecule has 3 aliphatic rings. The maximum absolute atomic E-state index is 6.32. The Labute approximate surface area is 86.8 Å². The molecule has 0 spiro atoms. The summed E-state index contributed by atoms with van der Waals surface area (Å²) in [6.07, 6.45) is 7.16. The average molecular weight is 194 g/mol. The molecule has 3 fully saturated rings. The normalized spacial score (nSPS) is 47.8. The molecule has 2 aliphatic carbocycles. The summed E-state index contributed by atoms with van der Waals surface area (Å²) in [5, 5.41) is 0. The second-order valence-electron chi connectivity index (χ2n) is 5.58. The van der Waals surface area contributed by atoms with E-state index in [4.69, 9.17) is 5.73 Å². The fourth-order valence-corrected chi connectivity index (χ4v) is 3.99. The van der Waals surface area contributed by atoms with Crippen LogP contribution in [0.5, 0.6) is 0 Å². The first-order valence-corrected chi connectivity index (χ1v) is 6.32. The van der Waals surface area contributed by atoms with Crippen molar-refractivity contribution in [2.45, 2.75) is 38.1 Å². The van der Waals surface area contributed by atoms with Gasteiger partial charge < -0.3 is 10.6 Å². The molecule has 2 heteroatoms. The first-order valence-electron chi connectivity index (χ1n) is 6.32. The Hall–Kier alpha value is -0.0800. The molecule has 3 rings (SSSR count). The number of rotatable bonds is 2. The van der Waals surface area contributed by atoms with E-state index in [1.54, 1.807) is 0 Å². The lowest BCUT2D eigenvalue weighted by atomic mass is 9.84. The Kier molecular flexibility index (Phi) is 2.29. The van der Waals surface area contributed by atoms with Crippen molar-refractivity contribution < 1.29 is 0 Å². The van der Waals surface area contributed by atoms with Gasteiger partial charge in [-0.1, -0.05) is 0 Å². The molecule has 2 saturated carbocycles. The van der Waals surface area contributed by atoms with Gasteiger partial charge in [-0.15, -0.1) is 0 Å². The summed E-state index contributed by atoms with van der Waals surface area (Å²) >= 11 is 0. The van der Waals surface area contributed by atoms with Crippen LogP contribution in [-0.4, -0.2) is 30.6 Å². The number of nitrogens with two attached hydrogens (primary N) is 1. The molecule has 0 aromatic heterocycles. The zero-order chi connectivity index (χ0) is 9.54. The Morgan fingerprint density at radius 3 is 2.43 bits per heavy atom. The molecule has 1 heterocycles. The Morgan fingerprint density at radius 2 is 1.79 bits per heavy atom. The SMILES string of the molecule is NC1C2CCC(C2)C1CN1CCCC1. The van der Waals surface area contributed by atoms with Crippen LogP contribution in [-0.2, 0) is 0 Å². The van der Waals surface area contributed by atoms with E-state index in [0.29, 0.717) is 6.04 Å². The van der Waals surface area contributed by atoms with Crippen LogP contribution in [0.2, 0.25) is 0 Å². The summed E-state index contributed by atoms with van der Waals surface area (Å²) in [7, 11) is 0. The van der Waals surface area contributed by atoms with Gasteiger partial charge in [-0.2, -0.15) is 0 Å². The molecule has 2 nitrogen and oxygen atoms in total. The van der Waals surface area contributed by atoms with Crippen molar-refractivity contribution in [3.05, 3.63) is 0 Å². The Morgan fingerprint density at radius 1 is 1.07 bits per heavy atom. The van der Waals surface area contributed by atoms with Crippen molar-refractivity contribution in [1.82, 2.24) is 4.90 Å². The molecule has 0 aromatic rings. The molecule has 2 bridgehead atoms. The second kappa shape index (κ2) is 3.49. The third-order valence-electron chi connectivity index (χ3n) is 4.83. The molecule has 1 aliphatic heterocycles. The zero-order valence-corrected chi connectivity index (χ0v) is 8.99. The second-order valence-corrected chi connectivity index (χ2v) is 5.58. The first kappa shape index (κ1) is 9.17. The van der Waals surface area contributed by atoms with E-state index in [2.05, 4.69) is 4.90 Å². The summed E-state index contributed by atoms with van der Waals surface area (Å²) in [6, 6.07) is 0.536. The Balaban J connectivity index is 1.61. The van der Waals surface area contributed by atoms with Crippen molar-refractivity contribution in [3.63, 3.8) is 0 Å². The van der Waals surface area contributed by atoms with Crippen molar-refractivity contribution in [1.29, 1.82) is 0 Å². The van der Waals surface area contributed by atoms with E-state index in [0.717, 1.165) is 17.8 Å². The summed E-state index contributed by atoms with van der Waals surface area (Å²) in [5.41, 5.74) is 6.32. The van der Waals surface area contributed by atoms with Crippen LogP contribution >= 0.6 is 0 Å². The van der Waals surface area contributed by atoms with Crippen LogP contribution in [0.25, 0.3) is 0 Å². The predicted molar refractivity (Wildman–Crippen MR) is 58.0 cm³/mol. The lowest BCUT2D eigenvalue weighted by molar-refractivity contribution is 0.199. The number of hydrogen-bond donors (Lipinski definition) is 1. The fraction of sp³-hybridized carbons (Fsp3) is 1.00. The molecule has 80 valence electrons. The Bertz CT molecular complexity index is 208. The molecule has 0 amide bonds. The average Bonchev–Trinajstić information content (AvgIpc) is 2.87. The molecule has 4 unspecified atom stereocenters. The van der Waals surface area contributed by atoms with Gasteiger partial charge in [0.25, 0.3) is 0 Å². The number of nitrogens with zero attached hydrogens (tertiary/aromatic N) is 1. The third-order valence-corrected chi connectivity index (χ3v) is 4.83. The zero-order valence-electron chi connectivity index (χ0n) is 8.99. The van der Waals surface area contributed by atoms with E-state index >= 15 is 0 Å². The van der Waals surface area contributed by atoms with Crippen molar-refractivity contribution in [2.75, 3.05) is 19.6 Å². The molecule has 0 aromatic carbocycles. The van der Waals surface area contributed by atoms with E-state index < -0.39 is 0 Å². The highest BCUT2D eigenvalue weighted by Crippen LogP contribution is 2.47. The van der Waals surface area contributed by atoms with Crippen LogP contribution in [0.15, 0.2) is 0 Å². The standard InChI is InChI=1S/C12H22N2/c13-12-10-4-3-9(7-10)11(12)8-14-5-1-2-6-14/h9-12H,1-8,13H2. The summed E-state index contributed by atoms with van der Waals surface area (Å²) in [4.78, 5) is 2.64. The molecule has 14 heavy (non-hydrogen) atoms. The first-order chi connectivity index (χ1) is 6.84. The number of fused-ring (bicyclic) bond motifs is 2. The van der Waals surface area contributed by atoms with Crippen molar-refractivity contribution in [2.24, 2.45) is 23.5 Å². The molecule has 2 N–H and O–H groups in total. The quantitative estimate of drug-likeness (QED) is 0.721. The molecule has 4 atom stereocenters. The van der Waals surface area contributed by atoms with E-state index in [1.807, 2.05) is 0 Å². The summed E-state index contributed by atoms with van der Waals surface area (Å²) in [5.74, 6) is 2.70. The minimum atomic E-state index is 0.536. The largest absolute Gasteiger partial charge is 0.327 e. The predicted octanol–water partition coefficient (Wildman–Crippen LogP) is 1.46. The highest BCUT2D eigenvalue weighted by Gasteiger charge is 2.45. The van der Waals surface area contributed by atoms with Gasteiger partial charge >= 0.3 is 0 Å². The van der Waals surface area contributed by atoms with Crippen LogP contribution in [0.1, 0.15) is 32.1 Å². The van der Waals surface area contributed by atoms with Gasteiger partial charge in [0.1, 0.15) is 0 Å². The van der Waals surface area contributed by atoms with Gasteiger partial charge in [-0.3, -0.25) is 0 Å². The molecular formula is C12H22N2. The van der Waals surface area contributed by atoms with Crippen molar-refractivity contribution in [3.8, 4) is 0 Å². The van der Waals surface area contributed by atoms with Gasteiger partial charge in [0.05, 0.1) is 0 Å². The minimum Gasteiger partial charge on any atom is -0.327 e. The fourth-order valence-electron chi connectivity index (χ4n) is 3.99. The van der Waals surface area contributed by atoms with Gasteiger partial charge in [0, 0.05) is 12.6 Å². The van der Waals surface area contributed by atoms with E-state index in [9.17, 15) is 0 Å². The van der Waals surface area contributed by atoms with Crippen LogP contribution in [0.3, 0.4) is 0 Å². The van der Waals surface area contributed by atoms with Crippen LogP contribution in [0, 0.1) is 17.8 Å². The van der Waals surface area contributed by atoms with E-state index in [-0.39, 0.29) is 0 Å². The van der Waals surface area contributed by atoms with Crippen LogP contribution < -0.4 is 5.73 Å². The van der Waals surface area contributed by atoms with E-state index in [1.165, 1.54) is 51.7 Å². The van der Waals surface area contributed by atoms with Crippen molar-refractivity contribution >= 4 is 0 Å². The molecule has 1 saturated heterocycles. The molecular weight excluding hydrogens is 172 g/mol. The van der Waals surface area contributed by atoms with Gasteiger partial charge in [0.15, 0.2) is 0 Å². The number of hydrogen-bond acceptors (Lipinski definition) is 2. The lowest BCUT2D eigenvalue weighted by Gasteiger charge is -2.31. The minimum absolute atomic E-state index is 0.536. The molecule has 0 radical (unpaired) electrons. The maximum Gasteiger partial charge on any atom is 0.0111 e. The maximum atomic E-state index is 6.32. The topological polar surface area (TPSA) is 29.3 Å². The summed E-state index contributed by atoms with van der Waals surface area (Å²) in [6.45, 7) is 3.98. The monoisotopic (exact) mass is 194 g/mol.